The van der Waals surface area contributed by atoms with Crippen LogP contribution >= 0.6 is 11.6 Å². The summed E-state index contributed by atoms with van der Waals surface area (Å²) in [4.78, 5) is 12.1. The van der Waals surface area contributed by atoms with E-state index >= 15 is 0 Å². The van der Waals surface area contributed by atoms with Gasteiger partial charge in [0, 0.05) is 12.0 Å². The number of halogens is 1. The maximum absolute atomic E-state index is 12.1. The molecule has 0 spiro atoms. The van der Waals surface area contributed by atoms with E-state index in [-0.39, 0.29) is 0 Å². The molecule has 0 aliphatic rings. The Hall–Kier alpha value is -2.46. The molecule has 0 unspecified atom stereocenters. The number of esters is 1. The molecule has 5 heteroatoms. The number of carbonyl (C=O) groups is 1. The smallest absolute Gasteiger partial charge is 0.336 e. The second-order valence-electron chi connectivity index (χ2n) is 7.30. The Labute approximate surface area is 191 Å². The van der Waals surface area contributed by atoms with Crippen LogP contribution in [0.2, 0.25) is 0 Å². The Kier molecular flexibility index (Phi) is 12.3. The van der Waals surface area contributed by atoms with Gasteiger partial charge in [-0.25, -0.2) is 4.79 Å². The highest BCUT2D eigenvalue weighted by Gasteiger charge is 2.02. The number of rotatable bonds is 15. The first-order valence-corrected chi connectivity index (χ1v) is 11.7. The quantitative estimate of drug-likeness (QED) is 0.0969. The normalized spacial score (nSPS) is 10.9. The van der Waals surface area contributed by atoms with Crippen molar-refractivity contribution in [1.29, 1.82) is 0 Å². The predicted octanol–water partition coefficient (Wildman–Crippen LogP) is 7.05. The van der Waals surface area contributed by atoms with Gasteiger partial charge in [0.15, 0.2) is 0 Å². The fraction of sp³-hybridized carbons (Fsp3) is 0.423. The zero-order valence-electron chi connectivity index (χ0n) is 18.4. The standard InChI is InChI=1S/C26H33ClO4/c1-2-3-7-20-29-24-14-16-25(17-15-24)31-26(28)18-11-22-9-12-23(13-10-22)30-21-8-5-4-6-19-27/h9-18H,2-8,19-21H2,1H3. The van der Waals surface area contributed by atoms with E-state index in [4.69, 9.17) is 25.8 Å². The number of hydrogen-bond acceptors (Lipinski definition) is 4. The lowest BCUT2D eigenvalue weighted by atomic mass is 10.2. The van der Waals surface area contributed by atoms with Gasteiger partial charge in [0.1, 0.15) is 17.2 Å². The minimum atomic E-state index is -0.422. The zero-order valence-corrected chi connectivity index (χ0v) is 19.1. The van der Waals surface area contributed by atoms with E-state index in [2.05, 4.69) is 6.92 Å². The number of hydrogen-bond donors (Lipinski definition) is 0. The highest BCUT2D eigenvalue weighted by atomic mass is 35.5. The average Bonchev–Trinajstić information content (AvgIpc) is 2.79. The molecule has 0 aliphatic carbocycles. The number of carbonyl (C=O) groups excluding carboxylic acids is 1. The molecular weight excluding hydrogens is 412 g/mol. The first-order chi connectivity index (χ1) is 15.2. The summed E-state index contributed by atoms with van der Waals surface area (Å²) in [5, 5.41) is 0. The molecule has 0 atom stereocenters. The minimum Gasteiger partial charge on any atom is -0.494 e. The summed E-state index contributed by atoms with van der Waals surface area (Å²) >= 11 is 5.67. The molecule has 168 valence electrons. The van der Waals surface area contributed by atoms with Crippen molar-refractivity contribution in [2.45, 2.75) is 51.9 Å². The third-order valence-corrected chi connectivity index (χ3v) is 4.91. The maximum atomic E-state index is 12.1. The summed E-state index contributed by atoms with van der Waals surface area (Å²) in [6.07, 6.45) is 10.9. The van der Waals surface area contributed by atoms with Crippen LogP contribution in [-0.4, -0.2) is 25.1 Å². The van der Waals surface area contributed by atoms with Crippen molar-refractivity contribution in [3.8, 4) is 17.2 Å². The molecule has 2 aromatic carbocycles. The van der Waals surface area contributed by atoms with Crippen LogP contribution in [0.1, 0.15) is 57.4 Å². The van der Waals surface area contributed by atoms with Crippen LogP contribution in [0.25, 0.3) is 6.08 Å². The van der Waals surface area contributed by atoms with Crippen molar-refractivity contribution >= 4 is 23.6 Å². The Bertz CT molecular complexity index is 769. The first kappa shape index (κ1) is 24.8. The van der Waals surface area contributed by atoms with Gasteiger partial charge in [-0.3, -0.25) is 0 Å². The number of alkyl halides is 1. The van der Waals surface area contributed by atoms with Crippen LogP contribution in [0.3, 0.4) is 0 Å². The fourth-order valence-corrected chi connectivity index (χ4v) is 3.06. The van der Waals surface area contributed by atoms with Gasteiger partial charge in [-0.2, -0.15) is 0 Å². The van der Waals surface area contributed by atoms with Gasteiger partial charge in [0.25, 0.3) is 0 Å². The van der Waals surface area contributed by atoms with Crippen molar-refractivity contribution in [2.24, 2.45) is 0 Å². The molecule has 4 nitrogen and oxygen atoms in total. The molecule has 31 heavy (non-hydrogen) atoms. The third-order valence-electron chi connectivity index (χ3n) is 4.65. The third kappa shape index (κ3) is 10.9. The molecule has 2 rings (SSSR count). The monoisotopic (exact) mass is 444 g/mol. The molecule has 0 amide bonds. The van der Waals surface area contributed by atoms with E-state index in [0.29, 0.717) is 19.0 Å². The molecule has 0 radical (unpaired) electrons. The van der Waals surface area contributed by atoms with Crippen molar-refractivity contribution < 1.29 is 19.0 Å². The van der Waals surface area contributed by atoms with Crippen LogP contribution in [0, 0.1) is 0 Å². The molecule has 0 aromatic heterocycles. The highest BCUT2D eigenvalue weighted by Crippen LogP contribution is 2.19. The van der Waals surface area contributed by atoms with Crippen LogP contribution in [0.15, 0.2) is 54.6 Å². The van der Waals surface area contributed by atoms with Crippen LogP contribution < -0.4 is 14.2 Å². The Morgan fingerprint density at radius 1 is 0.774 bits per heavy atom. The molecular formula is C26H33ClO4. The van der Waals surface area contributed by atoms with Gasteiger partial charge in [-0.15, -0.1) is 11.6 Å². The predicted molar refractivity (Wildman–Crippen MR) is 127 cm³/mol. The van der Waals surface area contributed by atoms with Crippen LogP contribution in [-0.2, 0) is 4.79 Å². The van der Waals surface area contributed by atoms with Gasteiger partial charge in [0.2, 0.25) is 0 Å². The van der Waals surface area contributed by atoms with Gasteiger partial charge >= 0.3 is 5.97 Å². The van der Waals surface area contributed by atoms with E-state index in [9.17, 15) is 4.79 Å². The molecule has 0 saturated heterocycles. The molecule has 0 fully saturated rings. The fourth-order valence-electron chi connectivity index (χ4n) is 2.88. The van der Waals surface area contributed by atoms with Crippen molar-refractivity contribution in [1.82, 2.24) is 0 Å². The summed E-state index contributed by atoms with van der Waals surface area (Å²) < 4.78 is 16.7. The van der Waals surface area contributed by atoms with E-state index < -0.39 is 5.97 Å². The van der Waals surface area contributed by atoms with Crippen molar-refractivity contribution in [2.75, 3.05) is 19.1 Å². The highest BCUT2D eigenvalue weighted by molar-refractivity contribution is 6.17. The molecule has 0 aliphatic heterocycles. The molecule has 0 N–H and O–H groups in total. The summed E-state index contributed by atoms with van der Waals surface area (Å²) in [7, 11) is 0. The van der Waals surface area contributed by atoms with Crippen LogP contribution in [0.4, 0.5) is 0 Å². The lowest BCUT2D eigenvalue weighted by Gasteiger charge is -2.07. The van der Waals surface area contributed by atoms with E-state index in [1.54, 1.807) is 18.2 Å². The average molecular weight is 445 g/mol. The van der Waals surface area contributed by atoms with E-state index in [0.717, 1.165) is 61.5 Å². The molecule has 0 bridgehead atoms. The van der Waals surface area contributed by atoms with Gasteiger partial charge < -0.3 is 14.2 Å². The maximum Gasteiger partial charge on any atom is 0.336 e. The molecule has 0 heterocycles. The number of benzene rings is 2. The Balaban J connectivity index is 1.71. The molecule has 2 aromatic rings. The van der Waals surface area contributed by atoms with Crippen LogP contribution in [0.5, 0.6) is 17.2 Å². The Morgan fingerprint density at radius 3 is 1.94 bits per heavy atom. The minimum absolute atomic E-state index is 0.422. The Morgan fingerprint density at radius 2 is 1.32 bits per heavy atom. The van der Waals surface area contributed by atoms with Gasteiger partial charge in [-0.05, 0) is 67.3 Å². The summed E-state index contributed by atoms with van der Waals surface area (Å²) in [5.41, 5.74) is 0.905. The summed E-state index contributed by atoms with van der Waals surface area (Å²) in [6.45, 7) is 3.57. The topological polar surface area (TPSA) is 44.8 Å². The number of unbranched alkanes of at least 4 members (excludes halogenated alkanes) is 5. The summed E-state index contributed by atoms with van der Waals surface area (Å²) in [6, 6.07) is 14.7. The lowest BCUT2D eigenvalue weighted by molar-refractivity contribution is -0.128. The van der Waals surface area contributed by atoms with Crippen molar-refractivity contribution in [3.05, 3.63) is 60.2 Å². The van der Waals surface area contributed by atoms with E-state index in [1.165, 1.54) is 12.5 Å². The zero-order chi connectivity index (χ0) is 22.2. The SMILES string of the molecule is CCCCCOc1ccc(OC(=O)C=Cc2ccc(OCCCCCCCl)cc2)cc1. The summed E-state index contributed by atoms with van der Waals surface area (Å²) in [5.74, 6) is 2.40. The van der Waals surface area contributed by atoms with E-state index in [1.807, 2.05) is 36.4 Å². The largest absolute Gasteiger partial charge is 0.494 e. The second kappa shape index (κ2) is 15.4. The second-order valence-corrected chi connectivity index (χ2v) is 7.68. The first-order valence-electron chi connectivity index (χ1n) is 11.1. The van der Waals surface area contributed by atoms with Gasteiger partial charge in [0.05, 0.1) is 13.2 Å². The number of ether oxygens (including phenoxy) is 3. The van der Waals surface area contributed by atoms with Crippen molar-refractivity contribution in [3.63, 3.8) is 0 Å². The molecule has 0 saturated carbocycles. The van der Waals surface area contributed by atoms with Gasteiger partial charge in [-0.1, -0.05) is 44.7 Å². The lowest BCUT2D eigenvalue weighted by Crippen LogP contribution is -2.03.